The first-order valence-corrected chi connectivity index (χ1v) is 6.49. The van der Waals surface area contributed by atoms with Crippen molar-refractivity contribution in [3.8, 4) is 0 Å². The molecule has 0 fully saturated rings. The third-order valence-electron chi connectivity index (χ3n) is 2.49. The van der Waals surface area contributed by atoms with Crippen LogP contribution >= 0.6 is 0 Å². The van der Waals surface area contributed by atoms with Crippen molar-refractivity contribution in [3.63, 3.8) is 0 Å². The van der Waals surface area contributed by atoms with Crippen LogP contribution in [0.3, 0.4) is 0 Å². The van der Waals surface area contributed by atoms with E-state index in [0.717, 1.165) is 12.8 Å². The first-order valence-electron chi connectivity index (χ1n) is 6.49. The van der Waals surface area contributed by atoms with Gasteiger partial charge in [0, 0.05) is 0 Å². The van der Waals surface area contributed by atoms with E-state index in [1.807, 2.05) is 27.7 Å². The second kappa shape index (κ2) is 8.15. The molecule has 0 aromatic rings. The lowest BCUT2D eigenvalue weighted by Crippen LogP contribution is -1.85. The summed E-state index contributed by atoms with van der Waals surface area (Å²) in [6.07, 6.45) is 11.3. The molecule has 0 bridgehead atoms. The normalized spacial score (nSPS) is 17.1. The zero-order chi connectivity index (χ0) is 12.6. The van der Waals surface area contributed by atoms with Gasteiger partial charge in [-0.2, -0.15) is 0 Å². The maximum Gasteiger partial charge on any atom is -0.00639 e. The molecule has 90 valence electrons. The molecular formula is C16H26. The van der Waals surface area contributed by atoms with Crippen LogP contribution in [-0.4, -0.2) is 0 Å². The summed E-state index contributed by atoms with van der Waals surface area (Å²) in [5.41, 5.74) is 5.99. The molecule has 2 aliphatic carbocycles. The summed E-state index contributed by atoms with van der Waals surface area (Å²) in [5.74, 6) is 0. The molecule has 0 amide bonds. The van der Waals surface area contributed by atoms with Crippen molar-refractivity contribution in [1.29, 1.82) is 0 Å². The second-order valence-corrected chi connectivity index (χ2v) is 3.76. The molecule has 0 heteroatoms. The highest BCUT2D eigenvalue weighted by Gasteiger charge is 2.12. The number of hydrogen-bond acceptors (Lipinski definition) is 0. The average molecular weight is 218 g/mol. The molecule has 0 radical (unpaired) electrons. The summed E-state index contributed by atoms with van der Waals surface area (Å²) >= 11 is 0. The van der Waals surface area contributed by atoms with Crippen LogP contribution in [-0.2, 0) is 0 Å². The maximum absolute atomic E-state index is 2.26. The van der Waals surface area contributed by atoms with E-state index in [1.165, 1.54) is 22.3 Å². The van der Waals surface area contributed by atoms with E-state index in [0.29, 0.717) is 0 Å². The molecule has 0 spiro atoms. The van der Waals surface area contributed by atoms with Crippen molar-refractivity contribution in [2.45, 2.75) is 54.4 Å². The lowest BCUT2D eigenvalue weighted by molar-refractivity contribution is 1.09. The van der Waals surface area contributed by atoms with Crippen LogP contribution in [0, 0.1) is 0 Å². The summed E-state index contributed by atoms with van der Waals surface area (Å²) in [7, 11) is 0. The van der Waals surface area contributed by atoms with Crippen molar-refractivity contribution in [1.82, 2.24) is 0 Å². The fourth-order valence-corrected chi connectivity index (χ4v) is 1.76. The summed E-state index contributed by atoms with van der Waals surface area (Å²) in [6.45, 7) is 12.4. The number of allylic oxidation sites excluding steroid dienone is 8. The molecular weight excluding hydrogens is 192 g/mol. The third kappa shape index (κ3) is 4.22. The second-order valence-electron chi connectivity index (χ2n) is 3.76. The minimum absolute atomic E-state index is 1.16. The van der Waals surface area contributed by atoms with Crippen molar-refractivity contribution in [2.75, 3.05) is 0 Å². The predicted molar refractivity (Wildman–Crippen MR) is 75.6 cm³/mol. The quantitative estimate of drug-likeness (QED) is 0.538. The molecule has 0 nitrogen and oxygen atoms in total. The van der Waals surface area contributed by atoms with Gasteiger partial charge in [-0.25, -0.2) is 0 Å². The molecule has 0 saturated heterocycles. The van der Waals surface area contributed by atoms with E-state index in [-0.39, 0.29) is 0 Å². The van der Waals surface area contributed by atoms with Crippen LogP contribution in [0.15, 0.2) is 46.6 Å². The van der Waals surface area contributed by atoms with Crippen LogP contribution in [0.2, 0.25) is 0 Å². The minimum atomic E-state index is 1.16. The molecule has 0 atom stereocenters. The van der Waals surface area contributed by atoms with Crippen LogP contribution in [0.25, 0.3) is 0 Å². The van der Waals surface area contributed by atoms with Crippen LogP contribution < -0.4 is 0 Å². The smallest absolute Gasteiger partial charge is 0.00639 e. The van der Waals surface area contributed by atoms with Gasteiger partial charge in [0.2, 0.25) is 0 Å². The Morgan fingerprint density at radius 1 is 0.625 bits per heavy atom. The van der Waals surface area contributed by atoms with Gasteiger partial charge in [0.05, 0.1) is 0 Å². The Hall–Kier alpha value is -1.04. The highest BCUT2D eigenvalue weighted by molar-refractivity contribution is 5.48. The Morgan fingerprint density at radius 3 is 1.12 bits per heavy atom. The summed E-state index contributed by atoms with van der Waals surface area (Å²) in [6, 6.07) is 0. The topological polar surface area (TPSA) is 0 Å². The Balaban J connectivity index is 0.000000509. The van der Waals surface area contributed by atoms with Gasteiger partial charge in [0.1, 0.15) is 0 Å². The Morgan fingerprint density at radius 2 is 0.938 bits per heavy atom. The zero-order valence-corrected chi connectivity index (χ0v) is 11.7. The van der Waals surface area contributed by atoms with E-state index in [1.54, 1.807) is 0 Å². The predicted octanol–water partition coefficient (Wildman–Crippen LogP) is 5.59. The molecule has 0 aromatic heterocycles. The highest BCUT2D eigenvalue weighted by Crippen LogP contribution is 2.31. The molecule has 16 heavy (non-hydrogen) atoms. The van der Waals surface area contributed by atoms with E-state index >= 15 is 0 Å². The van der Waals surface area contributed by atoms with Gasteiger partial charge >= 0.3 is 0 Å². The van der Waals surface area contributed by atoms with Crippen LogP contribution in [0.5, 0.6) is 0 Å². The Kier molecular flexibility index (Phi) is 7.62. The van der Waals surface area contributed by atoms with Gasteiger partial charge in [0.15, 0.2) is 0 Å². The maximum atomic E-state index is 2.26. The third-order valence-corrected chi connectivity index (χ3v) is 2.49. The van der Waals surface area contributed by atoms with Crippen molar-refractivity contribution < 1.29 is 0 Å². The van der Waals surface area contributed by atoms with Gasteiger partial charge in [-0.1, -0.05) is 63.1 Å². The van der Waals surface area contributed by atoms with E-state index in [2.05, 4.69) is 38.2 Å². The first-order chi connectivity index (χ1) is 7.75. The lowest BCUT2D eigenvalue weighted by Gasteiger charge is -2.03. The fraction of sp³-hybridized carbons (Fsp3) is 0.500. The first kappa shape index (κ1) is 15.0. The van der Waals surface area contributed by atoms with E-state index in [4.69, 9.17) is 0 Å². The minimum Gasteiger partial charge on any atom is -0.0689 e. The molecule has 2 rings (SSSR count). The van der Waals surface area contributed by atoms with Crippen LogP contribution in [0.1, 0.15) is 54.4 Å². The van der Waals surface area contributed by atoms with Crippen molar-refractivity contribution in [3.05, 3.63) is 46.6 Å². The molecule has 0 aromatic carbocycles. The molecule has 0 saturated carbocycles. The fourth-order valence-electron chi connectivity index (χ4n) is 1.76. The Bertz CT molecular complexity index is 288. The molecule has 0 N–H and O–H groups in total. The molecule has 0 unspecified atom stereocenters. The van der Waals surface area contributed by atoms with Crippen molar-refractivity contribution in [2.24, 2.45) is 0 Å². The van der Waals surface area contributed by atoms with Crippen molar-refractivity contribution >= 4 is 0 Å². The van der Waals surface area contributed by atoms with Gasteiger partial charge in [-0.05, 0) is 37.8 Å². The van der Waals surface area contributed by atoms with Gasteiger partial charge in [-0.3, -0.25) is 0 Å². The zero-order valence-electron chi connectivity index (χ0n) is 11.7. The summed E-state index contributed by atoms with van der Waals surface area (Å²) in [4.78, 5) is 0. The standard InChI is InChI=1S/C12H14.2C2H6/c1-9-3-5-11(7-9)12-6-4-10(2)8-12;2*1-2/h3-6H,7-8H2,1-2H3;2*1-2H3. The Labute approximate surface area is 101 Å². The molecule has 0 aliphatic heterocycles. The largest absolute Gasteiger partial charge is 0.0689 e. The molecule has 2 aliphatic rings. The molecule has 0 heterocycles. The van der Waals surface area contributed by atoms with Gasteiger partial charge in [-0.15, -0.1) is 0 Å². The SMILES string of the molecule is CC.CC.CC1=CC=C(C2=CC=C(C)C2)C1. The monoisotopic (exact) mass is 218 g/mol. The van der Waals surface area contributed by atoms with Gasteiger partial charge in [0.25, 0.3) is 0 Å². The summed E-state index contributed by atoms with van der Waals surface area (Å²) < 4.78 is 0. The summed E-state index contributed by atoms with van der Waals surface area (Å²) in [5, 5.41) is 0. The lowest BCUT2D eigenvalue weighted by atomic mass is 10.0. The van der Waals surface area contributed by atoms with Gasteiger partial charge < -0.3 is 0 Å². The average Bonchev–Trinajstić information content (AvgIpc) is 2.93. The van der Waals surface area contributed by atoms with E-state index < -0.39 is 0 Å². The number of hydrogen-bond donors (Lipinski definition) is 0. The van der Waals surface area contributed by atoms with E-state index in [9.17, 15) is 0 Å². The number of rotatable bonds is 1. The van der Waals surface area contributed by atoms with Crippen LogP contribution in [0.4, 0.5) is 0 Å². The highest BCUT2D eigenvalue weighted by atomic mass is 14.2.